The van der Waals surface area contributed by atoms with Gasteiger partial charge in [-0.25, -0.2) is 27.7 Å². The van der Waals surface area contributed by atoms with Crippen LogP contribution in [0.3, 0.4) is 0 Å². The summed E-state index contributed by atoms with van der Waals surface area (Å²) in [5, 5.41) is 0. The number of hydrogen-bond donors (Lipinski definition) is 0. The number of nitrogens with zero attached hydrogens (tertiary/aromatic N) is 6. The van der Waals surface area contributed by atoms with E-state index >= 15 is 8.78 Å². The number of esters is 1. The minimum atomic E-state index is -1.59. The Bertz CT molecular complexity index is 2220. The summed E-state index contributed by atoms with van der Waals surface area (Å²) in [6.45, 7) is 7.44. The van der Waals surface area contributed by atoms with Crippen LogP contribution in [-0.4, -0.2) is 142 Å². The van der Waals surface area contributed by atoms with E-state index in [2.05, 4.69) is 0 Å². The molecule has 4 heterocycles. The Kier molecular flexibility index (Phi) is 15.7. The lowest BCUT2D eigenvalue weighted by Gasteiger charge is -2.42. The molecule has 6 rings (SSSR count). The van der Waals surface area contributed by atoms with Gasteiger partial charge in [0.05, 0.1) is 38.0 Å². The van der Waals surface area contributed by atoms with E-state index < -0.39 is 83.3 Å². The fourth-order valence-corrected chi connectivity index (χ4v) is 8.19. The van der Waals surface area contributed by atoms with Gasteiger partial charge >= 0.3 is 18.2 Å². The highest BCUT2D eigenvalue weighted by molar-refractivity contribution is 6.12. The van der Waals surface area contributed by atoms with Crippen molar-refractivity contribution < 1.29 is 60.9 Å². The van der Waals surface area contributed by atoms with Crippen LogP contribution < -0.4 is 0 Å². The molecule has 350 valence electrons. The summed E-state index contributed by atoms with van der Waals surface area (Å²) in [5.74, 6) is -4.90. The molecular weight excluding hydrogens is 854 g/mol. The molecule has 0 saturated carbocycles. The van der Waals surface area contributed by atoms with E-state index in [4.69, 9.17) is 23.9 Å². The Balaban J connectivity index is 1.31. The van der Waals surface area contributed by atoms with Crippen molar-refractivity contribution >= 4 is 35.9 Å². The number of carbonyl (C=O) groups is 6. The number of ether oxygens (including phenoxy) is 4. The zero-order valence-electron chi connectivity index (χ0n) is 37.1. The van der Waals surface area contributed by atoms with Crippen molar-refractivity contribution in [2.24, 2.45) is 11.8 Å². The fraction of sp³-hybridized carbons (Fsp3) is 0.500. The lowest BCUT2D eigenvalue weighted by molar-refractivity contribution is -0.160. The summed E-state index contributed by atoms with van der Waals surface area (Å²) >= 11 is 0. The van der Waals surface area contributed by atoms with Crippen molar-refractivity contribution in [2.45, 2.75) is 77.9 Å². The summed E-state index contributed by atoms with van der Waals surface area (Å²) in [7, 11) is 0. The number of carbonyl (C=O) groups excluding carboxylic acids is 6. The maximum absolute atomic E-state index is 16.2. The Morgan fingerprint density at radius 2 is 1.60 bits per heavy atom. The standard InChI is InChI=1S/C46H55F3N6O10/c1-29(64-30(2)56)43(59)55(26-33-25-53(27-37(33)49)45(61)65-46(3,4)5)41(32-15-17-51(18-16-32)44(60)63-22-21-62-20-19-54-39(57)13-14-40(54)58)42-50-38(35-23-34(47)11-12-36(35)48)28-52(42)24-31-9-7-6-8-10-31/h6-14,23,28-29,32-33,37,41H,15-22,24-27H2,1-5H3/t29-,33+,37+,41?/m1/s1. The first-order valence-corrected chi connectivity index (χ1v) is 21.6. The molecule has 0 spiro atoms. The first-order valence-electron chi connectivity index (χ1n) is 21.6. The smallest absolute Gasteiger partial charge is 0.410 e. The highest BCUT2D eigenvalue weighted by Crippen LogP contribution is 2.39. The third-order valence-electron chi connectivity index (χ3n) is 11.3. The fourth-order valence-electron chi connectivity index (χ4n) is 8.19. The Hall–Kier alpha value is -6.24. The van der Waals surface area contributed by atoms with Crippen molar-refractivity contribution in [3.63, 3.8) is 0 Å². The van der Waals surface area contributed by atoms with E-state index in [1.807, 2.05) is 30.3 Å². The second-order valence-electron chi connectivity index (χ2n) is 17.3. The van der Waals surface area contributed by atoms with Crippen LogP contribution in [0.1, 0.15) is 64.9 Å². The molecule has 3 aliphatic rings. The predicted molar refractivity (Wildman–Crippen MR) is 227 cm³/mol. The second-order valence-corrected chi connectivity index (χ2v) is 17.3. The van der Waals surface area contributed by atoms with E-state index in [1.54, 1.807) is 31.5 Å². The van der Waals surface area contributed by atoms with Gasteiger partial charge in [0.25, 0.3) is 17.7 Å². The number of benzene rings is 2. The van der Waals surface area contributed by atoms with Crippen LogP contribution in [-0.2, 0) is 44.7 Å². The molecule has 3 aliphatic heterocycles. The lowest BCUT2D eigenvalue weighted by atomic mass is 9.86. The van der Waals surface area contributed by atoms with Crippen LogP contribution in [0.5, 0.6) is 0 Å². The summed E-state index contributed by atoms with van der Waals surface area (Å²) in [5.41, 5.74) is -0.107. The van der Waals surface area contributed by atoms with Crippen LogP contribution in [0.15, 0.2) is 66.9 Å². The topological polar surface area (TPSA) is 170 Å². The molecule has 1 aromatic heterocycles. The van der Waals surface area contributed by atoms with E-state index in [1.165, 1.54) is 33.8 Å². The molecule has 19 heteroatoms. The maximum Gasteiger partial charge on any atom is 0.410 e. The van der Waals surface area contributed by atoms with Crippen molar-refractivity contribution in [1.29, 1.82) is 0 Å². The van der Waals surface area contributed by atoms with Crippen molar-refractivity contribution in [3.05, 3.63) is 89.9 Å². The highest BCUT2D eigenvalue weighted by Gasteiger charge is 2.45. The van der Waals surface area contributed by atoms with E-state index in [9.17, 15) is 33.2 Å². The Morgan fingerprint density at radius 3 is 2.26 bits per heavy atom. The van der Waals surface area contributed by atoms with Crippen LogP contribution in [0.2, 0.25) is 0 Å². The van der Waals surface area contributed by atoms with Gasteiger partial charge in [0.1, 0.15) is 35.8 Å². The zero-order valence-corrected chi connectivity index (χ0v) is 37.1. The van der Waals surface area contributed by atoms with Gasteiger partial charge in [0.15, 0.2) is 6.10 Å². The van der Waals surface area contributed by atoms with Crippen LogP contribution in [0.25, 0.3) is 11.3 Å². The number of amides is 5. The van der Waals surface area contributed by atoms with Crippen LogP contribution in [0, 0.1) is 23.5 Å². The Labute approximate surface area is 375 Å². The van der Waals surface area contributed by atoms with E-state index in [0.717, 1.165) is 35.6 Å². The lowest BCUT2D eigenvalue weighted by Crippen LogP contribution is -2.50. The number of aromatic nitrogens is 2. The van der Waals surface area contributed by atoms with E-state index in [-0.39, 0.29) is 95.6 Å². The van der Waals surface area contributed by atoms with Gasteiger partial charge in [0, 0.05) is 69.5 Å². The molecule has 2 aromatic carbocycles. The molecule has 0 aliphatic carbocycles. The molecule has 0 bridgehead atoms. The van der Waals surface area contributed by atoms with Crippen molar-refractivity contribution in [3.8, 4) is 11.3 Å². The molecule has 65 heavy (non-hydrogen) atoms. The number of piperidine rings is 1. The number of imidazole rings is 1. The van der Waals surface area contributed by atoms with Gasteiger partial charge in [0.2, 0.25) is 0 Å². The third-order valence-corrected chi connectivity index (χ3v) is 11.3. The normalized spacial score (nSPS) is 18.8. The van der Waals surface area contributed by atoms with Crippen LogP contribution in [0.4, 0.5) is 22.8 Å². The highest BCUT2D eigenvalue weighted by atomic mass is 19.1. The molecule has 1 unspecified atom stereocenters. The van der Waals surface area contributed by atoms with Crippen molar-refractivity contribution in [2.75, 3.05) is 59.1 Å². The monoisotopic (exact) mass is 908 g/mol. The summed E-state index contributed by atoms with van der Waals surface area (Å²) < 4.78 is 70.0. The van der Waals surface area contributed by atoms with Gasteiger partial charge in [-0.2, -0.15) is 0 Å². The average molecular weight is 909 g/mol. The molecule has 4 atom stereocenters. The zero-order chi connectivity index (χ0) is 47.0. The van der Waals surface area contributed by atoms with Crippen molar-refractivity contribution in [1.82, 2.24) is 29.2 Å². The molecule has 0 radical (unpaired) electrons. The molecule has 2 fully saturated rings. The minimum Gasteiger partial charge on any atom is -0.453 e. The van der Waals surface area contributed by atoms with Crippen LogP contribution >= 0.6 is 0 Å². The number of halogens is 3. The molecule has 2 saturated heterocycles. The summed E-state index contributed by atoms with van der Waals surface area (Å²) in [6.07, 6.45) is 0.165. The molecule has 0 N–H and O–H groups in total. The van der Waals surface area contributed by atoms with Gasteiger partial charge in [-0.05, 0) is 70.2 Å². The first kappa shape index (κ1) is 48.2. The predicted octanol–water partition coefficient (Wildman–Crippen LogP) is 5.69. The van der Waals surface area contributed by atoms with Gasteiger partial charge in [-0.15, -0.1) is 0 Å². The quantitative estimate of drug-likeness (QED) is 0.0749. The molecule has 5 amide bonds. The number of imide groups is 1. The SMILES string of the molecule is CC(=O)O[C@H](C)C(=O)N(C[C@@H]1CN(C(=O)OC(C)(C)C)C[C@@H]1F)C(c1nc(-c2cc(F)ccc2F)cn1Cc1ccccc1)C1CCN(C(=O)OCCOCCN2C(=O)C=CC2=O)CC1. The molecule has 16 nitrogen and oxygen atoms in total. The van der Waals surface area contributed by atoms with E-state index in [0.29, 0.717) is 0 Å². The maximum atomic E-state index is 16.2. The Morgan fingerprint density at radius 1 is 0.908 bits per heavy atom. The largest absolute Gasteiger partial charge is 0.453 e. The molecule has 3 aromatic rings. The number of alkyl halides is 1. The van der Waals surface area contributed by atoms with Gasteiger partial charge < -0.3 is 38.2 Å². The average Bonchev–Trinajstić information content (AvgIpc) is 3.94. The third kappa shape index (κ3) is 12.5. The number of hydrogen-bond acceptors (Lipinski definition) is 11. The van der Waals surface area contributed by atoms with Gasteiger partial charge in [-0.3, -0.25) is 24.1 Å². The first-order chi connectivity index (χ1) is 30.9. The summed E-state index contributed by atoms with van der Waals surface area (Å²) in [6, 6.07) is 11.2. The minimum absolute atomic E-state index is 0.00587. The second kappa shape index (κ2) is 21.2. The number of likely N-dealkylation sites (tertiary alicyclic amines) is 2. The summed E-state index contributed by atoms with van der Waals surface area (Å²) in [4.78, 5) is 87.1. The molecular formula is C46H55F3N6O10. The van der Waals surface area contributed by atoms with Gasteiger partial charge in [-0.1, -0.05) is 30.3 Å². The number of rotatable bonds is 16.